The molecule has 0 unspecified atom stereocenters. The van der Waals surface area contributed by atoms with Gasteiger partial charge in [-0.3, -0.25) is 4.79 Å². The standard InChI is InChI=1S/C16H21NOS/c1-4-16(5-2,6-3)17-15(18)13-11-19-14-10-8-7-9-12(13)14/h1,11H,5-10H2,2-3H3,(H,17,18). The van der Waals surface area contributed by atoms with Crippen LogP contribution in [0.1, 0.15) is 60.3 Å². The summed E-state index contributed by atoms with van der Waals surface area (Å²) in [6.45, 7) is 4.04. The van der Waals surface area contributed by atoms with Crippen molar-refractivity contribution in [3.8, 4) is 12.3 Å². The van der Waals surface area contributed by atoms with E-state index in [1.165, 1.54) is 23.3 Å². The molecule has 0 radical (unpaired) electrons. The van der Waals surface area contributed by atoms with E-state index in [-0.39, 0.29) is 5.91 Å². The van der Waals surface area contributed by atoms with Gasteiger partial charge in [0.2, 0.25) is 0 Å². The molecule has 0 bridgehead atoms. The van der Waals surface area contributed by atoms with Gasteiger partial charge in [0.25, 0.3) is 5.91 Å². The molecule has 0 saturated carbocycles. The maximum Gasteiger partial charge on any atom is 0.253 e. The van der Waals surface area contributed by atoms with Crippen LogP contribution in [-0.4, -0.2) is 11.4 Å². The van der Waals surface area contributed by atoms with E-state index in [4.69, 9.17) is 6.42 Å². The first kappa shape index (κ1) is 14.1. The van der Waals surface area contributed by atoms with E-state index < -0.39 is 5.54 Å². The lowest BCUT2D eigenvalue weighted by atomic mass is 9.92. The number of rotatable bonds is 4. The Morgan fingerprint density at radius 2 is 2.11 bits per heavy atom. The van der Waals surface area contributed by atoms with Crippen LogP contribution < -0.4 is 5.32 Å². The predicted molar refractivity (Wildman–Crippen MR) is 80.6 cm³/mol. The Morgan fingerprint density at radius 3 is 2.74 bits per heavy atom. The molecule has 1 heterocycles. The van der Waals surface area contributed by atoms with Gasteiger partial charge in [0, 0.05) is 10.3 Å². The Balaban J connectivity index is 2.21. The highest BCUT2D eigenvalue weighted by atomic mass is 32.1. The lowest BCUT2D eigenvalue weighted by Gasteiger charge is -2.27. The molecule has 0 atom stereocenters. The highest BCUT2D eigenvalue weighted by molar-refractivity contribution is 7.10. The van der Waals surface area contributed by atoms with Crippen molar-refractivity contribution in [2.75, 3.05) is 0 Å². The fourth-order valence-corrected chi connectivity index (χ4v) is 3.76. The molecule has 1 aliphatic rings. The molecule has 1 N–H and O–H groups in total. The fraction of sp³-hybridized carbons (Fsp3) is 0.562. The minimum atomic E-state index is -0.499. The second-order valence-corrected chi connectivity index (χ2v) is 6.11. The molecule has 0 aliphatic heterocycles. The van der Waals surface area contributed by atoms with Crippen molar-refractivity contribution in [2.45, 2.75) is 57.9 Å². The van der Waals surface area contributed by atoms with Gasteiger partial charge >= 0.3 is 0 Å². The molecule has 2 rings (SSSR count). The number of carbonyl (C=O) groups is 1. The maximum atomic E-state index is 12.5. The zero-order valence-corrected chi connectivity index (χ0v) is 12.5. The predicted octanol–water partition coefficient (Wildman–Crippen LogP) is 3.55. The van der Waals surface area contributed by atoms with Gasteiger partial charge in [-0.2, -0.15) is 0 Å². The van der Waals surface area contributed by atoms with Gasteiger partial charge in [0.15, 0.2) is 0 Å². The van der Waals surface area contributed by atoms with Crippen molar-refractivity contribution in [2.24, 2.45) is 0 Å². The monoisotopic (exact) mass is 275 g/mol. The third-order valence-corrected chi connectivity index (χ3v) is 5.23. The summed E-state index contributed by atoms with van der Waals surface area (Å²) in [6, 6.07) is 0. The number of aryl methyl sites for hydroxylation is 1. The molecule has 0 aromatic carbocycles. The Hall–Kier alpha value is -1.27. The largest absolute Gasteiger partial charge is 0.336 e. The van der Waals surface area contributed by atoms with Crippen LogP contribution in [0.5, 0.6) is 0 Å². The molecule has 102 valence electrons. The normalized spacial score (nSPS) is 14.6. The Labute approximate surface area is 119 Å². The Morgan fingerprint density at radius 1 is 1.42 bits per heavy atom. The number of amides is 1. The van der Waals surface area contributed by atoms with E-state index in [0.717, 1.165) is 31.2 Å². The SMILES string of the molecule is C#CC(CC)(CC)NC(=O)c1csc2c1CCCC2. The first-order valence-corrected chi connectivity index (χ1v) is 7.93. The minimum Gasteiger partial charge on any atom is -0.336 e. The smallest absolute Gasteiger partial charge is 0.253 e. The zero-order valence-electron chi connectivity index (χ0n) is 11.7. The van der Waals surface area contributed by atoms with Gasteiger partial charge in [0.1, 0.15) is 5.54 Å². The number of thiophene rings is 1. The molecular formula is C16H21NOS. The quantitative estimate of drug-likeness (QED) is 0.837. The molecule has 1 aliphatic carbocycles. The van der Waals surface area contributed by atoms with Crippen LogP contribution in [-0.2, 0) is 12.8 Å². The van der Waals surface area contributed by atoms with E-state index >= 15 is 0 Å². The molecule has 0 fully saturated rings. The van der Waals surface area contributed by atoms with E-state index in [0.29, 0.717) is 0 Å². The summed E-state index contributed by atoms with van der Waals surface area (Å²) in [5.41, 5.74) is 1.61. The topological polar surface area (TPSA) is 29.1 Å². The number of nitrogens with one attached hydrogen (secondary N) is 1. The van der Waals surface area contributed by atoms with Crippen molar-refractivity contribution in [1.82, 2.24) is 5.32 Å². The van der Waals surface area contributed by atoms with Crippen molar-refractivity contribution in [3.63, 3.8) is 0 Å². The van der Waals surface area contributed by atoms with E-state index in [2.05, 4.69) is 11.2 Å². The maximum absolute atomic E-state index is 12.5. The lowest BCUT2D eigenvalue weighted by Crippen LogP contribution is -2.46. The number of terminal acetylenes is 1. The lowest BCUT2D eigenvalue weighted by molar-refractivity contribution is 0.0915. The summed E-state index contributed by atoms with van der Waals surface area (Å²) >= 11 is 1.72. The van der Waals surface area contributed by atoms with Gasteiger partial charge in [-0.25, -0.2) is 0 Å². The number of hydrogen-bond donors (Lipinski definition) is 1. The highest BCUT2D eigenvalue weighted by Crippen LogP contribution is 2.30. The molecule has 0 saturated heterocycles. The molecular weight excluding hydrogens is 254 g/mol. The second kappa shape index (κ2) is 5.79. The van der Waals surface area contributed by atoms with Crippen LogP contribution >= 0.6 is 11.3 Å². The molecule has 0 spiro atoms. The van der Waals surface area contributed by atoms with Crippen molar-refractivity contribution >= 4 is 17.2 Å². The summed E-state index contributed by atoms with van der Waals surface area (Å²) in [4.78, 5) is 13.9. The first-order chi connectivity index (χ1) is 9.15. The third kappa shape index (κ3) is 2.69. The van der Waals surface area contributed by atoms with Gasteiger partial charge in [0.05, 0.1) is 5.56 Å². The minimum absolute atomic E-state index is 0.000972. The average molecular weight is 275 g/mol. The van der Waals surface area contributed by atoms with E-state index in [1.807, 2.05) is 19.2 Å². The first-order valence-electron chi connectivity index (χ1n) is 7.05. The average Bonchev–Trinajstić information content (AvgIpc) is 2.89. The molecule has 1 aromatic rings. The van der Waals surface area contributed by atoms with Crippen LogP contribution in [0.3, 0.4) is 0 Å². The summed E-state index contributed by atoms with van der Waals surface area (Å²) in [5.74, 6) is 2.76. The van der Waals surface area contributed by atoms with E-state index in [1.54, 1.807) is 11.3 Å². The second-order valence-electron chi connectivity index (χ2n) is 5.15. The number of fused-ring (bicyclic) bond motifs is 1. The van der Waals surface area contributed by atoms with Crippen LogP contribution in [0, 0.1) is 12.3 Å². The zero-order chi connectivity index (χ0) is 13.9. The molecule has 2 nitrogen and oxygen atoms in total. The molecule has 19 heavy (non-hydrogen) atoms. The Kier molecular flexibility index (Phi) is 4.31. The van der Waals surface area contributed by atoms with Crippen molar-refractivity contribution in [1.29, 1.82) is 0 Å². The number of hydrogen-bond acceptors (Lipinski definition) is 2. The third-order valence-electron chi connectivity index (χ3n) is 4.14. The van der Waals surface area contributed by atoms with Crippen LogP contribution in [0.15, 0.2) is 5.38 Å². The summed E-state index contributed by atoms with van der Waals surface area (Å²) in [6.07, 6.45) is 11.7. The molecule has 3 heteroatoms. The van der Waals surface area contributed by atoms with Crippen molar-refractivity contribution < 1.29 is 4.79 Å². The summed E-state index contributed by atoms with van der Waals surface area (Å²) in [5, 5.41) is 5.06. The van der Waals surface area contributed by atoms with Crippen LogP contribution in [0.2, 0.25) is 0 Å². The van der Waals surface area contributed by atoms with E-state index in [9.17, 15) is 4.79 Å². The fourth-order valence-electron chi connectivity index (χ4n) is 2.64. The van der Waals surface area contributed by atoms with Gasteiger partial charge in [-0.15, -0.1) is 17.8 Å². The van der Waals surface area contributed by atoms with Gasteiger partial charge in [-0.1, -0.05) is 19.8 Å². The van der Waals surface area contributed by atoms with Crippen LogP contribution in [0.4, 0.5) is 0 Å². The highest BCUT2D eigenvalue weighted by Gasteiger charge is 2.28. The van der Waals surface area contributed by atoms with Crippen molar-refractivity contribution in [3.05, 3.63) is 21.4 Å². The summed E-state index contributed by atoms with van der Waals surface area (Å²) in [7, 11) is 0. The van der Waals surface area contributed by atoms with Gasteiger partial charge in [-0.05, 0) is 44.1 Å². The van der Waals surface area contributed by atoms with Gasteiger partial charge < -0.3 is 5.32 Å². The molecule has 1 aromatic heterocycles. The van der Waals surface area contributed by atoms with Crippen LogP contribution in [0.25, 0.3) is 0 Å². The summed E-state index contributed by atoms with van der Waals surface area (Å²) < 4.78 is 0. The Bertz CT molecular complexity index is 505. The molecule has 1 amide bonds. The number of carbonyl (C=O) groups excluding carboxylic acids is 1.